The molecule has 0 saturated heterocycles. The highest BCUT2D eigenvalue weighted by Crippen LogP contribution is 2.36. The van der Waals surface area contributed by atoms with Crippen molar-refractivity contribution < 1.29 is 4.74 Å². The van der Waals surface area contributed by atoms with Crippen molar-refractivity contribution in [2.45, 2.75) is 59.1 Å². The minimum Gasteiger partial charge on any atom is -0.376 e. The molecule has 1 aliphatic rings. The summed E-state index contributed by atoms with van der Waals surface area (Å²) in [6.07, 6.45) is 6.56. The normalized spacial score (nSPS) is 19.2. The minimum absolute atomic E-state index is 0.381. The molecule has 2 heteroatoms. The molecule has 2 atom stereocenters. The molecule has 1 fully saturated rings. The van der Waals surface area contributed by atoms with E-state index in [4.69, 9.17) is 4.74 Å². The summed E-state index contributed by atoms with van der Waals surface area (Å²) in [5.41, 5.74) is 1.37. The summed E-state index contributed by atoms with van der Waals surface area (Å²) in [6, 6.07) is 0.400. The van der Waals surface area contributed by atoms with Gasteiger partial charge in [0, 0.05) is 6.61 Å². The quantitative estimate of drug-likeness (QED) is 0.641. The van der Waals surface area contributed by atoms with E-state index in [0.717, 1.165) is 19.1 Å². The summed E-state index contributed by atoms with van der Waals surface area (Å²) in [5, 5.41) is 3.61. The van der Waals surface area contributed by atoms with E-state index in [0.29, 0.717) is 12.1 Å². The number of nitrogens with one attached hydrogen (secondary N) is 1. The second-order valence-corrected chi connectivity index (χ2v) is 4.98. The average molecular weight is 225 g/mol. The average Bonchev–Trinajstić information content (AvgIpc) is 3.04. The lowest BCUT2D eigenvalue weighted by Gasteiger charge is -2.26. The van der Waals surface area contributed by atoms with Crippen molar-refractivity contribution in [2.75, 3.05) is 13.2 Å². The van der Waals surface area contributed by atoms with Gasteiger partial charge in [-0.2, -0.15) is 0 Å². The summed E-state index contributed by atoms with van der Waals surface area (Å²) in [5.74, 6) is 0.782. The van der Waals surface area contributed by atoms with Gasteiger partial charge in [-0.3, -0.25) is 0 Å². The largest absolute Gasteiger partial charge is 0.376 e. The molecule has 0 amide bonds. The zero-order chi connectivity index (χ0) is 12.0. The van der Waals surface area contributed by atoms with Gasteiger partial charge in [-0.25, -0.2) is 0 Å². The Kier molecular flexibility index (Phi) is 6.07. The van der Waals surface area contributed by atoms with E-state index in [1.54, 1.807) is 0 Å². The molecule has 16 heavy (non-hydrogen) atoms. The zero-order valence-corrected chi connectivity index (χ0v) is 11.3. The molecule has 1 saturated carbocycles. The standard InChI is InChI=1S/C14H27NO/c1-5-9-15-13(10-11(3)4)14(16-6-2)12-7-8-12/h10,12-15H,5-9H2,1-4H3. The second-order valence-electron chi connectivity index (χ2n) is 4.98. The van der Waals surface area contributed by atoms with Crippen LogP contribution in [0.2, 0.25) is 0 Å². The highest BCUT2D eigenvalue weighted by atomic mass is 16.5. The fourth-order valence-electron chi connectivity index (χ4n) is 2.09. The Labute approximate surface area is 100 Å². The maximum atomic E-state index is 5.92. The lowest BCUT2D eigenvalue weighted by atomic mass is 10.0. The van der Waals surface area contributed by atoms with Crippen LogP contribution in [-0.2, 0) is 4.74 Å². The predicted molar refractivity (Wildman–Crippen MR) is 69.7 cm³/mol. The molecule has 0 heterocycles. The number of hydrogen-bond donors (Lipinski definition) is 1. The molecule has 0 bridgehead atoms. The van der Waals surface area contributed by atoms with Gasteiger partial charge in [0.2, 0.25) is 0 Å². The monoisotopic (exact) mass is 225 g/mol. The van der Waals surface area contributed by atoms with Crippen LogP contribution < -0.4 is 5.32 Å². The molecule has 1 aliphatic carbocycles. The van der Waals surface area contributed by atoms with Crippen LogP contribution in [0.3, 0.4) is 0 Å². The highest BCUT2D eigenvalue weighted by Gasteiger charge is 2.36. The maximum Gasteiger partial charge on any atom is 0.0791 e. The van der Waals surface area contributed by atoms with Crippen LogP contribution >= 0.6 is 0 Å². The number of rotatable bonds is 8. The van der Waals surface area contributed by atoms with Crippen molar-refractivity contribution in [2.24, 2.45) is 5.92 Å². The topological polar surface area (TPSA) is 21.3 Å². The van der Waals surface area contributed by atoms with E-state index >= 15 is 0 Å². The van der Waals surface area contributed by atoms with Gasteiger partial charge in [-0.15, -0.1) is 0 Å². The van der Waals surface area contributed by atoms with E-state index in [2.05, 4.69) is 39.1 Å². The lowest BCUT2D eigenvalue weighted by molar-refractivity contribution is 0.0304. The van der Waals surface area contributed by atoms with Gasteiger partial charge in [0.1, 0.15) is 0 Å². The smallest absolute Gasteiger partial charge is 0.0791 e. The van der Waals surface area contributed by atoms with Crippen LogP contribution in [0.5, 0.6) is 0 Å². The highest BCUT2D eigenvalue weighted by molar-refractivity contribution is 5.06. The van der Waals surface area contributed by atoms with Gasteiger partial charge in [0.15, 0.2) is 0 Å². The molecule has 2 nitrogen and oxygen atoms in total. The first-order valence-electron chi connectivity index (χ1n) is 6.69. The zero-order valence-electron chi connectivity index (χ0n) is 11.3. The van der Waals surface area contributed by atoms with Crippen molar-refractivity contribution in [1.29, 1.82) is 0 Å². The summed E-state index contributed by atoms with van der Waals surface area (Å²) in [6.45, 7) is 10.5. The molecule has 1 N–H and O–H groups in total. The van der Waals surface area contributed by atoms with Crippen molar-refractivity contribution in [3.05, 3.63) is 11.6 Å². The SMILES string of the molecule is CCCNC(C=C(C)C)C(OCC)C1CC1. The number of allylic oxidation sites excluding steroid dienone is 1. The number of hydrogen-bond acceptors (Lipinski definition) is 2. The first kappa shape index (κ1) is 13.7. The molecule has 1 rings (SSSR count). The van der Waals surface area contributed by atoms with E-state index < -0.39 is 0 Å². The van der Waals surface area contributed by atoms with Gasteiger partial charge >= 0.3 is 0 Å². The van der Waals surface area contributed by atoms with Crippen LogP contribution in [0.4, 0.5) is 0 Å². The first-order valence-corrected chi connectivity index (χ1v) is 6.69. The molecule has 0 spiro atoms. The molecule has 2 unspecified atom stereocenters. The summed E-state index contributed by atoms with van der Waals surface area (Å²) >= 11 is 0. The minimum atomic E-state index is 0.381. The Morgan fingerprint density at radius 1 is 1.38 bits per heavy atom. The number of ether oxygens (including phenoxy) is 1. The van der Waals surface area contributed by atoms with Crippen LogP contribution in [0.1, 0.15) is 47.0 Å². The Morgan fingerprint density at radius 2 is 2.06 bits per heavy atom. The molecular formula is C14H27NO. The van der Waals surface area contributed by atoms with E-state index in [1.165, 1.54) is 24.8 Å². The van der Waals surface area contributed by atoms with Crippen LogP contribution in [0.25, 0.3) is 0 Å². The Bertz CT molecular complexity index is 217. The van der Waals surface area contributed by atoms with Crippen molar-refractivity contribution in [3.8, 4) is 0 Å². The third-order valence-corrected chi connectivity index (χ3v) is 2.94. The Morgan fingerprint density at radius 3 is 2.50 bits per heavy atom. The third-order valence-electron chi connectivity index (χ3n) is 2.94. The third kappa shape index (κ3) is 4.67. The van der Waals surface area contributed by atoms with Gasteiger partial charge in [-0.1, -0.05) is 18.6 Å². The van der Waals surface area contributed by atoms with E-state index in [1.807, 2.05) is 0 Å². The Hall–Kier alpha value is -0.340. The fraction of sp³-hybridized carbons (Fsp3) is 0.857. The summed E-state index contributed by atoms with van der Waals surface area (Å²) in [7, 11) is 0. The summed E-state index contributed by atoms with van der Waals surface area (Å²) in [4.78, 5) is 0. The van der Waals surface area contributed by atoms with Gasteiger partial charge < -0.3 is 10.1 Å². The second kappa shape index (κ2) is 7.08. The van der Waals surface area contributed by atoms with E-state index in [-0.39, 0.29) is 0 Å². The van der Waals surface area contributed by atoms with Crippen molar-refractivity contribution in [3.63, 3.8) is 0 Å². The van der Waals surface area contributed by atoms with Gasteiger partial charge in [-0.05, 0) is 52.5 Å². The maximum absolute atomic E-state index is 5.92. The molecule has 0 aliphatic heterocycles. The molecule has 0 radical (unpaired) electrons. The molecular weight excluding hydrogens is 198 g/mol. The molecule has 0 aromatic rings. The molecule has 94 valence electrons. The van der Waals surface area contributed by atoms with Crippen molar-refractivity contribution >= 4 is 0 Å². The lowest BCUT2D eigenvalue weighted by Crippen LogP contribution is -2.42. The van der Waals surface area contributed by atoms with Crippen LogP contribution in [0.15, 0.2) is 11.6 Å². The first-order chi connectivity index (χ1) is 7.69. The van der Waals surface area contributed by atoms with Crippen LogP contribution in [0, 0.1) is 5.92 Å². The Balaban J connectivity index is 2.58. The summed E-state index contributed by atoms with van der Waals surface area (Å²) < 4.78 is 5.92. The van der Waals surface area contributed by atoms with Gasteiger partial charge in [0.05, 0.1) is 12.1 Å². The molecule has 0 aromatic carbocycles. The van der Waals surface area contributed by atoms with E-state index in [9.17, 15) is 0 Å². The predicted octanol–water partition coefficient (Wildman–Crippen LogP) is 3.14. The van der Waals surface area contributed by atoms with Crippen molar-refractivity contribution in [1.82, 2.24) is 5.32 Å². The fourth-order valence-corrected chi connectivity index (χ4v) is 2.09. The van der Waals surface area contributed by atoms with Gasteiger partial charge in [0.25, 0.3) is 0 Å². The molecule has 0 aromatic heterocycles. The van der Waals surface area contributed by atoms with Crippen LogP contribution in [-0.4, -0.2) is 25.3 Å².